The zero-order valence-electron chi connectivity index (χ0n) is 14.5. The maximum atomic E-state index is 12.3. The Kier molecular flexibility index (Phi) is 6.16. The van der Waals surface area contributed by atoms with Gasteiger partial charge in [-0.15, -0.1) is 0 Å². The molecule has 0 saturated heterocycles. The molecule has 0 saturated carbocycles. The Hall–Kier alpha value is -2.77. The topological polar surface area (TPSA) is 84.9 Å². The zero-order valence-corrected chi connectivity index (χ0v) is 14.5. The number of halogens is 2. The second-order valence-corrected chi connectivity index (χ2v) is 6.22. The predicted octanol–water partition coefficient (Wildman–Crippen LogP) is 3.47. The number of aliphatic hydroxyl groups excluding tert-OH is 1. The third-order valence-corrected chi connectivity index (χ3v) is 4.38. The SMILES string of the molecule is NC1CCc2ccccc21.OC(c1cncc(-c2cnccn2)c1)C(F)F. The fraction of sp³-hybridized carbons (Fsp3) is 0.250. The molecule has 0 amide bonds. The third-order valence-electron chi connectivity index (χ3n) is 4.38. The number of rotatable bonds is 3. The van der Waals surface area contributed by atoms with E-state index in [0.717, 1.165) is 12.8 Å². The van der Waals surface area contributed by atoms with Gasteiger partial charge in [0.05, 0.1) is 11.9 Å². The first kappa shape index (κ1) is 19.0. The average Bonchev–Trinajstić information content (AvgIpc) is 3.10. The van der Waals surface area contributed by atoms with Gasteiger partial charge in [-0.3, -0.25) is 15.0 Å². The molecule has 3 N–H and O–H groups in total. The molecule has 27 heavy (non-hydrogen) atoms. The summed E-state index contributed by atoms with van der Waals surface area (Å²) in [5.41, 5.74) is 9.75. The van der Waals surface area contributed by atoms with Crippen LogP contribution in [0.3, 0.4) is 0 Å². The van der Waals surface area contributed by atoms with Crippen LogP contribution in [0.15, 0.2) is 61.3 Å². The van der Waals surface area contributed by atoms with Crippen molar-refractivity contribution in [1.29, 1.82) is 0 Å². The number of alkyl halides is 2. The molecule has 3 aromatic rings. The van der Waals surface area contributed by atoms with Crippen molar-refractivity contribution in [2.24, 2.45) is 5.73 Å². The van der Waals surface area contributed by atoms with Gasteiger partial charge in [0.2, 0.25) is 0 Å². The van der Waals surface area contributed by atoms with Crippen molar-refractivity contribution in [2.75, 3.05) is 0 Å². The maximum Gasteiger partial charge on any atom is 0.268 e. The molecular weight excluding hydrogens is 350 g/mol. The van der Waals surface area contributed by atoms with E-state index < -0.39 is 12.5 Å². The zero-order chi connectivity index (χ0) is 19.2. The number of aromatic nitrogens is 3. The molecule has 0 radical (unpaired) electrons. The largest absolute Gasteiger partial charge is 0.382 e. The van der Waals surface area contributed by atoms with Crippen LogP contribution in [0.2, 0.25) is 0 Å². The van der Waals surface area contributed by atoms with Crippen molar-refractivity contribution in [3.63, 3.8) is 0 Å². The Bertz CT molecular complexity index is 877. The van der Waals surface area contributed by atoms with Gasteiger partial charge in [-0.1, -0.05) is 24.3 Å². The van der Waals surface area contributed by atoms with Crippen LogP contribution in [0, 0.1) is 0 Å². The van der Waals surface area contributed by atoms with Crippen molar-refractivity contribution in [1.82, 2.24) is 15.0 Å². The highest BCUT2D eigenvalue weighted by atomic mass is 19.3. The number of hydrogen-bond donors (Lipinski definition) is 2. The fourth-order valence-electron chi connectivity index (χ4n) is 2.94. The van der Waals surface area contributed by atoms with Crippen LogP contribution in [0.25, 0.3) is 11.3 Å². The molecule has 0 bridgehead atoms. The lowest BCUT2D eigenvalue weighted by Gasteiger charge is -2.10. The van der Waals surface area contributed by atoms with Gasteiger partial charge in [0.15, 0.2) is 0 Å². The predicted molar refractivity (Wildman–Crippen MR) is 97.9 cm³/mol. The smallest absolute Gasteiger partial charge is 0.268 e. The molecule has 0 spiro atoms. The highest BCUT2D eigenvalue weighted by molar-refractivity contribution is 5.57. The minimum absolute atomic E-state index is 0.0585. The molecule has 1 aromatic carbocycles. The van der Waals surface area contributed by atoms with Gasteiger partial charge >= 0.3 is 0 Å². The molecule has 2 atom stereocenters. The number of benzene rings is 1. The second kappa shape index (κ2) is 8.75. The quantitative estimate of drug-likeness (QED) is 0.737. The molecular formula is C20H20F2N4O. The average molecular weight is 370 g/mol. The van der Waals surface area contributed by atoms with Crippen LogP contribution in [0.5, 0.6) is 0 Å². The lowest BCUT2D eigenvalue weighted by molar-refractivity contribution is -0.00593. The molecule has 7 heteroatoms. The minimum Gasteiger partial charge on any atom is -0.382 e. The number of aliphatic hydroxyl groups is 1. The van der Waals surface area contributed by atoms with Crippen LogP contribution >= 0.6 is 0 Å². The van der Waals surface area contributed by atoms with Gasteiger partial charge in [-0.2, -0.15) is 0 Å². The number of nitrogens with two attached hydrogens (primary N) is 1. The molecule has 1 aliphatic carbocycles. The van der Waals surface area contributed by atoms with E-state index in [1.54, 1.807) is 0 Å². The summed E-state index contributed by atoms with van der Waals surface area (Å²) in [7, 11) is 0. The van der Waals surface area contributed by atoms with Crippen LogP contribution in [0.4, 0.5) is 8.78 Å². The van der Waals surface area contributed by atoms with Crippen molar-refractivity contribution in [3.8, 4) is 11.3 Å². The summed E-state index contributed by atoms with van der Waals surface area (Å²) < 4.78 is 24.7. The highest BCUT2D eigenvalue weighted by Crippen LogP contribution is 2.28. The lowest BCUT2D eigenvalue weighted by Crippen LogP contribution is -2.08. The van der Waals surface area contributed by atoms with E-state index in [1.165, 1.54) is 48.2 Å². The second-order valence-electron chi connectivity index (χ2n) is 6.22. The van der Waals surface area contributed by atoms with Crippen LogP contribution in [-0.2, 0) is 6.42 Å². The maximum absolute atomic E-state index is 12.3. The van der Waals surface area contributed by atoms with Crippen molar-refractivity contribution in [3.05, 3.63) is 78.0 Å². The number of nitrogens with zero attached hydrogens (tertiary/aromatic N) is 3. The van der Waals surface area contributed by atoms with Crippen molar-refractivity contribution in [2.45, 2.75) is 31.4 Å². The van der Waals surface area contributed by atoms with Crippen LogP contribution in [0.1, 0.15) is 35.3 Å². The monoisotopic (exact) mass is 370 g/mol. The summed E-state index contributed by atoms with van der Waals surface area (Å²) >= 11 is 0. The summed E-state index contributed by atoms with van der Waals surface area (Å²) in [5.74, 6) is 0. The number of fused-ring (bicyclic) bond motifs is 1. The highest BCUT2D eigenvalue weighted by Gasteiger charge is 2.20. The van der Waals surface area contributed by atoms with Gasteiger partial charge in [0.25, 0.3) is 6.43 Å². The first-order valence-corrected chi connectivity index (χ1v) is 8.57. The van der Waals surface area contributed by atoms with Crippen LogP contribution < -0.4 is 5.73 Å². The molecule has 2 unspecified atom stereocenters. The molecule has 1 aliphatic rings. The van der Waals surface area contributed by atoms with E-state index in [9.17, 15) is 13.9 Å². The Morgan fingerprint density at radius 1 is 1.07 bits per heavy atom. The summed E-state index contributed by atoms with van der Waals surface area (Å²) in [6, 6.07) is 10.2. The first-order chi connectivity index (χ1) is 13.1. The Labute approximate surface area is 155 Å². The standard InChI is InChI=1S/C11H9F2N3O.C9H11N/c12-11(13)10(17)8-3-7(4-15-5-8)9-6-14-1-2-16-9;10-9-6-5-7-3-1-2-4-8(7)9/h1-6,10-11,17H;1-4,9H,5-6,10H2. The van der Waals surface area contributed by atoms with E-state index in [-0.39, 0.29) is 5.56 Å². The first-order valence-electron chi connectivity index (χ1n) is 8.57. The summed E-state index contributed by atoms with van der Waals surface area (Å²) in [5, 5.41) is 9.24. The molecule has 0 aliphatic heterocycles. The third kappa shape index (κ3) is 4.69. The molecule has 2 aromatic heterocycles. The van der Waals surface area contributed by atoms with Crippen LogP contribution in [-0.4, -0.2) is 26.5 Å². The summed E-state index contributed by atoms with van der Waals surface area (Å²) in [6.45, 7) is 0. The summed E-state index contributed by atoms with van der Waals surface area (Å²) in [6.07, 6.45) is 4.79. The number of aryl methyl sites for hydroxylation is 1. The molecule has 140 valence electrons. The van der Waals surface area contributed by atoms with E-state index in [4.69, 9.17) is 5.73 Å². The number of pyridine rings is 1. The molecule has 0 fully saturated rings. The van der Waals surface area contributed by atoms with Gasteiger partial charge in [0, 0.05) is 42.0 Å². The number of hydrogen-bond acceptors (Lipinski definition) is 5. The van der Waals surface area contributed by atoms with Gasteiger partial charge in [-0.25, -0.2) is 8.78 Å². The van der Waals surface area contributed by atoms with Gasteiger partial charge in [-0.05, 0) is 30.0 Å². The Balaban J connectivity index is 0.000000177. The van der Waals surface area contributed by atoms with E-state index >= 15 is 0 Å². The molecule has 2 heterocycles. The van der Waals surface area contributed by atoms with Crippen molar-refractivity contribution < 1.29 is 13.9 Å². The lowest BCUT2D eigenvalue weighted by atomic mass is 10.1. The van der Waals surface area contributed by atoms with Crippen molar-refractivity contribution >= 4 is 0 Å². The Morgan fingerprint density at radius 2 is 1.89 bits per heavy atom. The summed E-state index contributed by atoms with van der Waals surface area (Å²) in [4.78, 5) is 11.7. The molecule has 4 rings (SSSR count). The van der Waals surface area contributed by atoms with E-state index in [2.05, 4.69) is 39.2 Å². The van der Waals surface area contributed by atoms with Gasteiger partial charge < -0.3 is 10.8 Å². The minimum atomic E-state index is -2.84. The fourth-order valence-corrected chi connectivity index (χ4v) is 2.94. The molecule has 5 nitrogen and oxygen atoms in total. The normalized spacial score (nSPS) is 16.4. The van der Waals surface area contributed by atoms with E-state index in [1.807, 2.05) is 0 Å². The van der Waals surface area contributed by atoms with E-state index in [0.29, 0.717) is 17.3 Å². The Morgan fingerprint density at radius 3 is 2.59 bits per heavy atom. The van der Waals surface area contributed by atoms with Gasteiger partial charge in [0.1, 0.15) is 6.10 Å².